The van der Waals surface area contributed by atoms with Gasteiger partial charge in [0.2, 0.25) is 0 Å². The predicted octanol–water partition coefficient (Wildman–Crippen LogP) is 2.81. The smallest absolute Gasteiger partial charge is 0.337 e. The fraction of sp³-hybridized carbons (Fsp3) is 0. The molecular formula is C14H10BrNO5. The number of phenolic OH excluding ortho intramolecular Hbond substituents is 2. The van der Waals surface area contributed by atoms with E-state index in [1.807, 2.05) is 0 Å². The minimum atomic E-state index is -1.19. The highest BCUT2D eigenvalue weighted by molar-refractivity contribution is 9.10. The molecule has 6 nitrogen and oxygen atoms in total. The van der Waals surface area contributed by atoms with Crippen molar-refractivity contribution in [2.45, 2.75) is 0 Å². The first-order chi connectivity index (χ1) is 9.88. The average Bonchev–Trinajstić information content (AvgIpc) is 2.39. The van der Waals surface area contributed by atoms with Crippen LogP contribution in [0, 0.1) is 0 Å². The molecule has 0 unspecified atom stereocenters. The lowest BCUT2D eigenvalue weighted by atomic mass is 10.1. The summed E-state index contributed by atoms with van der Waals surface area (Å²) in [6.45, 7) is 0. The van der Waals surface area contributed by atoms with Gasteiger partial charge in [-0.1, -0.05) is 6.07 Å². The molecule has 0 aliphatic carbocycles. The van der Waals surface area contributed by atoms with Crippen LogP contribution >= 0.6 is 15.9 Å². The molecule has 0 aliphatic heterocycles. The van der Waals surface area contributed by atoms with E-state index >= 15 is 0 Å². The summed E-state index contributed by atoms with van der Waals surface area (Å²) in [4.78, 5) is 23.2. The lowest BCUT2D eigenvalue weighted by molar-refractivity contribution is 0.0698. The zero-order chi connectivity index (χ0) is 15.6. The molecule has 21 heavy (non-hydrogen) atoms. The van der Waals surface area contributed by atoms with Crippen molar-refractivity contribution in [1.82, 2.24) is 0 Å². The number of hydrogen-bond acceptors (Lipinski definition) is 4. The van der Waals surface area contributed by atoms with E-state index in [1.54, 1.807) is 6.07 Å². The number of anilines is 1. The van der Waals surface area contributed by atoms with Gasteiger partial charge in [-0.25, -0.2) is 4.79 Å². The van der Waals surface area contributed by atoms with Gasteiger partial charge in [-0.2, -0.15) is 0 Å². The standard InChI is InChI=1S/C14H10BrNO5/c15-11-3-1-2-10(14(20)21)12(11)16-13(19)7-4-8(17)6-9(18)5-7/h1-6,17-18H,(H,16,19)(H,20,21). The Hall–Kier alpha value is -2.54. The van der Waals surface area contributed by atoms with Crippen LogP contribution < -0.4 is 5.32 Å². The van der Waals surface area contributed by atoms with E-state index in [0.717, 1.165) is 18.2 Å². The second-order valence-corrected chi connectivity index (χ2v) is 5.01. The van der Waals surface area contributed by atoms with Gasteiger partial charge in [-0.05, 0) is 40.2 Å². The molecule has 1 amide bonds. The van der Waals surface area contributed by atoms with Crippen LogP contribution in [0.15, 0.2) is 40.9 Å². The molecular weight excluding hydrogens is 342 g/mol. The number of para-hydroxylation sites is 1. The van der Waals surface area contributed by atoms with Gasteiger partial charge in [0.25, 0.3) is 5.91 Å². The molecule has 7 heteroatoms. The molecule has 0 heterocycles. The van der Waals surface area contributed by atoms with Gasteiger partial charge < -0.3 is 20.6 Å². The number of carboxylic acids is 1. The summed E-state index contributed by atoms with van der Waals surface area (Å²) < 4.78 is 0.403. The van der Waals surface area contributed by atoms with Crippen LogP contribution in [-0.2, 0) is 0 Å². The summed E-state index contributed by atoms with van der Waals surface area (Å²) in [6.07, 6.45) is 0. The molecule has 2 aromatic carbocycles. The van der Waals surface area contributed by atoms with Gasteiger partial charge in [-0.15, -0.1) is 0 Å². The fourth-order valence-electron chi connectivity index (χ4n) is 1.74. The van der Waals surface area contributed by atoms with Crippen molar-refractivity contribution in [3.8, 4) is 11.5 Å². The molecule has 2 aromatic rings. The zero-order valence-electron chi connectivity index (χ0n) is 10.5. The highest BCUT2D eigenvalue weighted by Crippen LogP contribution is 2.28. The first-order valence-corrected chi connectivity index (χ1v) is 6.54. The number of hydrogen-bond donors (Lipinski definition) is 4. The highest BCUT2D eigenvalue weighted by atomic mass is 79.9. The number of phenols is 2. The number of rotatable bonds is 3. The lowest BCUT2D eigenvalue weighted by Gasteiger charge is -2.11. The fourth-order valence-corrected chi connectivity index (χ4v) is 2.21. The van der Waals surface area contributed by atoms with E-state index < -0.39 is 11.9 Å². The normalized spacial score (nSPS) is 10.1. The van der Waals surface area contributed by atoms with Crippen LogP contribution in [0.3, 0.4) is 0 Å². The van der Waals surface area contributed by atoms with E-state index in [4.69, 9.17) is 5.11 Å². The van der Waals surface area contributed by atoms with Crippen molar-refractivity contribution >= 4 is 33.5 Å². The molecule has 0 bridgehead atoms. The number of aromatic carboxylic acids is 1. The molecule has 108 valence electrons. The molecule has 0 spiro atoms. The molecule has 4 N–H and O–H groups in total. The Balaban J connectivity index is 2.38. The van der Waals surface area contributed by atoms with Crippen molar-refractivity contribution in [1.29, 1.82) is 0 Å². The number of carbonyl (C=O) groups is 2. The van der Waals surface area contributed by atoms with E-state index in [1.165, 1.54) is 12.1 Å². The number of benzene rings is 2. The average molecular weight is 352 g/mol. The molecule has 0 aliphatic rings. The van der Waals surface area contributed by atoms with Crippen LogP contribution in [-0.4, -0.2) is 27.2 Å². The first-order valence-electron chi connectivity index (χ1n) is 5.74. The molecule has 0 radical (unpaired) electrons. The molecule has 0 atom stereocenters. The van der Waals surface area contributed by atoms with Gasteiger partial charge in [0.05, 0.1) is 11.3 Å². The van der Waals surface area contributed by atoms with Crippen molar-refractivity contribution in [2.24, 2.45) is 0 Å². The monoisotopic (exact) mass is 351 g/mol. The highest BCUT2D eigenvalue weighted by Gasteiger charge is 2.17. The third-order valence-electron chi connectivity index (χ3n) is 2.65. The van der Waals surface area contributed by atoms with E-state index in [9.17, 15) is 19.8 Å². The summed E-state index contributed by atoms with van der Waals surface area (Å²) >= 11 is 3.17. The predicted molar refractivity (Wildman–Crippen MR) is 78.8 cm³/mol. The van der Waals surface area contributed by atoms with Crippen LogP contribution in [0.1, 0.15) is 20.7 Å². The summed E-state index contributed by atoms with van der Waals surface area (Å²) in [7, 11) is 0. The second-order valence-electron chi connectivity index (χ2n) is 4.16. The Morgan fingerprint density at radius 3 is 2.24 bits per heavy atom. The number of carboxylic acid groups (broad SMARTS) is 1. The topological polar surface area (TPSA) is 107 Å². The summed E-state index contributed by atoms with van der Waals surface area (Å²) in [5, 5.41) is 30.3. The molecule has 2 rings (SSSR count). The first kappa shape index (κ1) is 14.9. The molecule has 0 saturated carbocycles. The zero-order valence-corrected chi connectivity index (χ0v) is 12.1. The number of halogens is 1. The van der Waals surface area contributed by atoms with Crippen molar-refractivity contribution < 1.29 is 24.9 Å². The van der Waals surface area contributed by atoms with Crippen LogP contribution in [0.2, 0.25) is 0 Å². The maximum absolute atomic E-state index is 12.1. The van der Waals surface area contributed by atoms with Crippen LogP contribution in [0.25, 0.3) is 0 Å². The molecule has 0 aromatic heterocycles. The van der Waals surface area contributed by atoms with E-state index in [2.05, 4.69) is 21.2 Å². The maximum Gasteiger partial charge on any atom is 0.337 e. The number of aromatic hydroxyl groups is 2. The lowest BCUT2D eigenvalue weighted by Crippen LogP contribution is -2.15. The number of amides is 1. The van der Waals surface area contributed by atoms with Crippen molar-refractivity contribution in [3.63, 3.8) is 0 Å². The van der Waals surface area contributed by atoms with E-state index in [-0.39, 0.29) is 28.3 Å². The van der Waals surface area contributed by atoms with Gasteiger partial charge in [0.15, 0.2) is 0 Å². The Morgan fingerprint density at radius 1 is 1.05 bits per heavy atom. The quantitative estimate of drug-likeness (QED) is 0.680. The summed E-state index contributed by atoms with van der Waals surface area (Å²) in [5.74, 6) is -2.39. The largest absolute Gasteiger partial charge is 0.508 e. The summed E-state index contributed by atoms with van der Waals surface area (Å²) in [5.41, 5.74) is 0.0134. The van der Waals surface area contributed by atoms with Gasteiger partial charge >= 0.3 is 5.97 Å². The van der Waals surface area contributed by atoms with Crippen molar-refractivity contribution in [3.05, 3.63) is 52.0 Å². The van der Waals surface area contributed by atoms with Crippen LogP contribution in [0.4, 0.5) is 5.69 Å². The summed E-state index contributed by atoms with van der Waals surface area (Å²) in [6, 6.07) is 7.87. The minimum absolute atomic E-state index is 0.000378. The van der Waals surface area contributed by atoms with Crippen molar-refractivity contribution in [2.75, 3.05) is 5.32 Å². The maximum atomic E-state index is 12.1. The van der Waals surface area contributed by atoms with E-state index in [0.29, 0.717) is 4.47 Å². The third-order valence-corrected chi connectivity index (χ3v) is 3.31. The Labute approximate surface area is 127 Å². The van der Waals surface area contributed by atoms with Gasteiger partial charge in [0, 0.05) is 16.1 Å². The Kier molecular flexibility index (Phi) is 4.13. The van der Waals surface area contributed by atoms with Gasteiger partial charge in [0.1, 0.15) is 11.5 Å². The SMILES string of the molecule is O=C(Nc1c(Br)cccc1C(=O)O)c1cc(O)cc(O)c1. The number of nitrogens with one attached hydrogen (secondary N) is 1. The Bertz CT molecular complexity index is 709. The second kappa shape index (κ2) is 5.84. The van der Waals surface area contributed by atoms with Crippen LogP contribution in [0.5, 0.6) is 11.5 Å². The van der Waals surface area contributed by atoms with Gasteiger partial charge in [-0.3, -0.25) is 4.79 Å². The minimum Gasteiger partial charge on any atom is -0.508 e. The molecule has 0 saturated heterocycles. The number of carbonyl (C=O) groups excluding carboxylic acids is 1. The molecule has 0 fully saturated rings. The Morgan fingerprint density at radius 2 is 1.67 bits per heavy atom. The third kappa shape index (κ3) is 3.32.